The number of carbonyl (C=O) groups is 2. The third kappa shape index (κ3) is 4.41. The topological polar surface area (TPSA) is 46.6 Å². The van der Waals surface area contributed by atoms with Crippen LogP contribution in [0.25, 0.3) is 6.08 Å². The summed E-state index contributed by atoms with van der Waals surface area (Å²) in [5.41, 5.74) is 2.50. The van der Waals surface area contributed by atoms with Crippen molar-refractivity contribution >= 4 is 29.3 Å². The minimum absolute atomic E-state index is 0.0517. The molecule has 0 fully saturated rings. The van der Waals surface area contributed by atoms with Crippen LogP contribution in [0.2, 0.25) is 0 Å². The Labute approximate surface area is 158 Å². The smallest absolute Gasteiger partial charge is 0.331 e. The fourth-order valence-electron chi connectivity index (χ4n) is 3.28. The number of amides is 1. The van der Waals surface area contributed by atoms with E-state index in [1.165, 1.54) is 22.1 Å². The summed E-state index contributed by atoms with van der Waals surface area (Å²) in [5.74, 6) is -0.678. The van der Waals surface area contributed by atoms with Crippen LogP contribution in [0.15, 0.2) is 42.5 Å². The number of fused-ring (bicyclic) bond motifs is 1. The Morgan fingerprint density at radius 3 is 2.85 bits per heavy atom. The average Bonchev–Trinajstić information content (AvgIpc) is 3.08. The first-order valence-corrected chi connectivity index (χ1v) is 9.61. The van der Waals surface area contributed by atoms with Gasteiger partial charge in [-0.2, -0.15) is 0 Å². The SMILES string of the molecule is Cc1ccc(/C=C/C(=O)OCC(=O)N(C)C2CCCc3ccccc32)s1. The molecule has 0 N–H and O–H groups in total. The second kappa shape index (κ2) is 8.32. The average molecular weight is 369 g/mol. The number of esters is 1. The van der Waals surface area contributed by atoms with Gasteiger partial charge in [-0.15, -0.1) is 11.3 Å². The van der Waals surface area contributed by atoms with Crippen molar-refractivity contribution in [3.8, 4) is 0 Å². The van der Waals surface area contributed by atoms with Gasteiger partial charge in [-0.1, -0.05) is 24.3 Å². The standard InChI is InChI=1S/C21H23NO3S/c1-15-10-11-17(26-15)12-13-21(24)25-14-20(23)22(2)19-9-5-7-16-6-3-4-8-18(16)19/h3-4,6,8,10-13,19H,5,7,9,14H2,1-2H3/b13-12+. The molecule has 0 spiro atoms. The molecule has 1 aliphatic carbocycles. The minimum atomic E-state index is -0.498. The van der Waals surface area contributed by atoms with E-state index in [4.69, 9.17) is 4.74 Å². The van der Waals surface area contributed by atoms with Gasteiger partial charge >= 0.3 is 5.97 Å². The highest BCUT2D eigenvalue weighted by Crippen LogP contribution is 2.33. The maximum absolute atomic E-state index is 12.5. The second-order valence-corrected chi connectivity index (χ2v) is 7.82. The van der Waals surface area contributed by atoms with Crippen molar-refractivity contribution in [1.29, 1.82) is 0 Å². The molecule has 1 amide bonds. The molecule has 1 atom stereocenters. The van der Waals surface area contributed by atoms with E-state index in [2.05, 4.69) is 12.1 Å². The molecule has 0 aliphatic heterocycles. The van der Waals surface area contributed by atoms with Crippen molar-refractivity contribution in [3.63, 3.8) is 0 Å². The monoisotopic (exact) mass is 369 g/mol. The van der Waals surface area contributed by atoms with Crippen molar-refractivity contribution in [2.75, 3.05) is 13.7 Å². The molecule has 4 nitrogen and oxygen atoms in total. The van der Waals surface area contributed by atoms with Gasteiger partial charge in [-0.3, -0.25) is 4.79 Å². The first-order valence-electron chi connectivity index (χ1n) is 8.79. The van der Waals surface area contributed by atoms with E-state index in [-0.39, 0.29) is 18.6 Å². The summed E-state index contributed by atoms with van der Waals surface area (Å²) in [7, 11) is 1.78. The fourth-order valence-corrected chi connectivity index (χ4v) is 4.06. The van der Waals surface area contributed by atoms with Gasteiger partial charge in [0.15, 0.2) is 6.61 Å². The quantitative estimate of drug-likeness (QED) is 0.588. The summed E-state index contributed by atoms with van der Waals surface area (Å²) in [6.45, 7) is 1.78. The van der Waals surface area contributed by atoms with E-state index in [1.807, 2.05) is 31.2 Å². The van der Waals surface area contributed by atoms with Crippen LogP contribution in [-0.2, 0) is 20.7 Å². The molecule has 1 aliphatic rings. The van der Waals surface area contributed by atoms with E-state index >= 15 is 0 Å². The molecule has 136 valence electrons. The molecule has 1 unspecified atom stereocenters. The lowest BCUT2D eigenvalue weighted by Crippen LogP contribution is -2.36. The van der Waals surface area contributed by atoms with Gasteiger partial charge in [0.25, 0.3) is 5.91 Å². The second-order valence-electron chi connectivity index (χ2n) is 6.50. The maximum Gasteiger partial charge on any atom is 0.331 e. The molecule has 5 heteroatoms. The largest absolute Gasteiger partial charge is 0.452 e. The number of nitrogens with zero attached hydrogens (tertiary/aromatic N) is 1. The Balaban J connectivity index is 1.55. The minimum Gasteiger partial charge on any atom is -0.452 e. The van der Waals surface area contributed by atoms with E-state index in [9.17, 15) is 9.59 Å². The molecule has 0 bridgehead atoms. The summed E-state index contributed by atoms with van der Waals surface area (Å²) >= 11 is 1.60. The highest BCUT2D eigenvalue weighted by Gasteiger charge is 2.26. The molecule has 1 heterocycles. The Hall–Kier alpha value is -2.40. The molecule has 1 aromatic heterocycles. The molecule has 0 saturated heterocycles. The van der Waals surface area contributed by atoms with Gasteiger partial charge in [0.2, 0.25) is 0 Å². The molecule has 2 aromatic rings. The van der Waals surface area contributed by atoms with Crippen molar-refractivity contribution in [2.24, 2.45) is 0 Å². The van der Waals surface area contributed by atoms with Gasteiger partial charge in [0, 0.05) is 22.9 Å². The number of rotatable bonds is 5. The molecular weight excluding hydrogens is 346 g/mol. The highest BCUT2D eigenvalue weighted by molar-refractivity contribution is 7.12. The van der Waals surface area contributed by atoms with Crippen LogP contribution in [0.1, 0.15) is 39.8 Å². The lowest BCUT2D eigenvalue weighted by atomic mass is 9.87. The molecule has 0 saturated carbocycles. The number of likely N-dealkylation sites (N-methyl/N-ethyl adjacent to an activating group) is 1. The number of hydrogen-bond acceptors (Lipinski definition) is 4. The van der Waals surface area contributed by atoms with Crippen LogP contribution in [0.5, 0.6) is 0 Å². The van der Waals surface area contributed by atoms with Crippen molar-refractivity contribution in [3.05, 3.63) is 63.4 Å². The van der Waals surface area contributed by atoms with Gasteiger partial charge in [-0.05, 0) is 55.5 Å². The van der Waals surface area contributed by atoms with Gasteiger partial charge in [-0.25, -0.2) is 4.79 Å². The number of benzene rings is 1. The third-order valence-corrected chi connectivity index (χ3v) is 5.65. The molecule has 0 radical (unpaired) electrons. The number of carbonyl (C=O) groups excluding carboxylic acids is 2. The lowest BCUT2D eigenvalue weighted by molar-refractivity contribution is -0.148. The zero-order chi connectivity index (χ0) is 18.5. The summed E-state index contributed by atoms with van der Waals surface area (Å²) in [6.07, 6.45) is 6.13. The fraction of sp³-hybridized carbons (Fsp3) is 0.333. The van der Waals surface area contributed by atoms with E-state index in [1.54, 1.807) is 29.4 Å². The van der Waals surface area contributed by atoms with Crippen molar-refractivity contribution in [1.82, 2.24) is 4.90 Å². The van der Waals surface area contributed by atoms with Crippen LogP contribution < -0.4 is 0 Å². The molecule has 1 aromatic carbocycles. The van der Waals surface area contributed by atoms with Crippen LogP contribution in [-0.4, -0.2) is 30.4 Å². The van der Waals surface area contributed by atoms with Crippen LogP contribution in [0.4, 0.5) is 0 Å². The summed E-state index contributed by atoms with van der Waals surface area (Å²) < 4.78 is 5.12. The molecular formula is C21H23NO3S. The van der Waals surface area contributed by atoms with Gasteiger partial charge < -0.3 is 9.64 Å². The van der Waals surface area contributed by atoms with E-state index in [0.717, 1.165) is 24.1 Å². The Morgan fingerprint density at radius 1 is 1.27 bits per heavy atom. The third-order valence-electron chi connectivity index (χ3n) is 4.68. The van der Waals surface area contributed by atoms with Crippen molar-refractivity contribution in [2.45, 2.75) is 32.2 Å². The predicted molar refractivity (Wildman–Crippen MR) is 104 cm³/mol. The number of ether oxygens (including phenoxy) is 1. The first kappa shape index (κ1) is 18.4. The Kier molecular flexibility index (Phi) is 5.89. The predicted octanol–water partition coefficient (Wildman–Crippen LogP) is 4.15. The first-order chi connectivity index (χ1) is 12.5. The zero-order valence-corrected chi connectivity index (χ0v) is 15.9. The highest BCUT2D eigenvalue weighted by atomic mass is 32.1. The summed E-state index contributed by atoms with van der Waals surface area (Å²) in [6, 6.07) is 12.2. The normalized spacial score (nSPS) is 16.3. The maximum atomic E-state index is 12.5. The number of aryl methyl sites for hydroxylation is 2. The van der Waals surface area contributed by atoms with Crippen LogP contribution in [0, 0.1) is 6.92 Å². The summed E-state index contributed by atoms with van der Waals surface area (Å²) in [4.78, 5) is 28.2. The van der Waals surface area contributed by atoms with Crippen LogP contribution >= 0.6 is 11.3 Å². The van der Waals surface area contributed by atoms with Gasteiger partial charge in [0.1, 0.15) is 0 Å². The lowest BCUT2D eigenvalue weighted by Gasteiger charge is -2.33. The Bertz CT molecular complexity index is 824. The van der Waals surface area contributed by atoms with Crippen LogP contribution in [0.3, 0.4) is 0 Å². The number of thiophene rings is 1. The van der Waals surface area contributed by atoms with Crippen molar-refractivity contribution < 1.29 is 14.3 Å². The van der Waals surface area contributed by atoms with E-state index in [0.29, 0.717) is 0 Å². The summed E-state index contributed by atoms with van der Waals surface area (Å²) in [5, 5.41) is 0. The van der Waals surface area contributed by atoms with Gasteiger partial charge in [0.05, 0.1) is 6.04 Å². The zero-order valence-electron chi connectivity index (χ0n) is 15.1. The van der Waals surface area contributed by atoms with E-state index < -0.39 is 5.97 Å². The Morgan fingerprint density at radius 2 is 2.08 bits per heavy atom. The molecule has 26 heavy (non-hydrogen) atoms. The molecule has 3 rings (SSSR count). The number of hydrogen-bond donors (Lipinski definition) is 0.